The van der Waals surface area contributed by atoms with Crippen LogP contribution in [0.2, 0.25) is 0 Å². The molecule has 0 saturated carbocycles. The van der Waals surface area contributed by atoms with Gasteiger partial charge >= 0.3 is 0 Å². The molecule has 3 saturated heterocycles. The number of hydrogen-bond donors (Lipinski definition) is 5. The Labute approximate surface area is 151 Å². The number of pyridine rings is 1. The Hall–Kier alpha value is -2.26. The van der Waals surface area contributed by atoms with Crippen LogP contribution in [0.4, 0.5) is 0 Å². The Kier molecular flexibility index (Phi) is 3.97. The van der Waals surface area contributed by atoms with E-state index in [9.17, 15) is 4.79 Å². The van der Waals surface area contributed by atoms with E-state index in [0.717, 1.165) is 30.2 Å². The first kappa shape index (κ1) is 16.0. The molecule has 8 heteroatoms. The van der Waals surface area contributed by atoms with E-state index in [2.05, 4.69) is 32.0 Å². The summed E-state index contributed by atoms with van der Waals surface area (Å²) >= 11 is 0. The molecule has 5 rings (SSSR count). The number of furan rings is 1. The minimum absolute atomic E-state index is 0.00613. The quantitative estimate of drug-likeness (QED) is 0.550. The van der Waals surface area contributed by atoms with Gasteiger partial charge in [0.25, 0.3) is 0 Å². The number of hydrogen-bond acceptors (Lipinski definition) is 7. The van der Waals surface area contributed by atoms with Crippen molar-refractivity contribution in [2.24, 2.45) is 5.92 Å². The largest absolute Gasteiger partial charge is 0.464 e. The number of nitrogens with zero attached hydrogens (tertiary/aromatic N) is 1. The molecule has 8 nitrogen and oxygen atoms in total. The van der Waals surface area contributed by atoms with Gasteiger partial charge in [-0.3, -0.25) is 15.2 Å². The molecule has 5 atom stereocenters. The van der Waals surface area contributed by atoms with Crippen molar-refractivity contribution in [3.8, 4) is 0 Å². The number of carbonyl (C=O) groups is 1. The Morgan fingerprint density at radius 2 is 2.00 bits per heavy atom. The minimum Gasteiger partial charge on any atom is -0.464 e. The average Bonchev–Trinajstić information content (AvgIpc) is 3.41. The van der Waals surface area contributed by atoms with Crippen molar-refractivity contribution in [1.29, 1.82) is 0 Å². The molecular formula is C18H22N6O2. The first-order valence-corrected chi connectivity index (χ1v) is 9.09. The van der Waals surface area contributed by atoms with Crippen LogP contribution in [0.5, 0.6) is 0 Å². The normalized spacial score (nSPS) is 33.8. The predicted octanol–water partition coefficient (Wildman–Crippen LogP) is 0.609. The summed E-state index contributed by atoms with van der Waals surface area (Å²) in [4.78, 5) is 16.7. The molecule has 1 amide bonds. The third-order valence-corrected chi connectivity index (χ3v) is 5.55. The Bertz CT molecular complexity index is 788. The molecule has 0 bridgehead atoms. The first-order chi connectivity index (χ1) is 12.8. The molecule has 3 fully saturated rings. The minimum atomic E-state index is -0.145. The standard InChI is InChI=1S/C18H22N6O2/c25-15-9-10(13-4-5-14(26-13)11-6-8-20-22-11)16-17(23-24-18(16)21-15)12-3-1-2-7-19-12/h1-5,7,10-11,16-18,20,22-24H,6,8-9H2,(H,21,25). The smallest absolute Gasteiger partial charge is 0.222 e. The highest BCUT2D eigenvalue weighted by Crippen LogP contribution is 2.43. The lowest BCUT2D eigenvalue weighted by atomic mass is 9.77. The van der Waals surface area contributed by atoms with Crippen molar-refractivity contribution in [3.05, 3.63) is 53.7 Å². The lowest BCUT2D eigenvalue weighted by Crippen LogP contribution is -2.52. The van der Waals surface area contributed by atoms with Gasteiger partial charge in [0.15, 0.2) is 0 Å². The highest BCUT2D eigenvalue weighted by molar-refractivity contribution is 5.78. The third kappa shape index (κ3) is 2.71. The number of piperidine rings is 1. The van der Waals surface area contributed by atoms with Crippen LogP contribution in [0.3, 0.4) is 0 Å². The number of rotatable bonds is 3. The monoisotopic (exact) mass is 354 g/mol. The zero-order valence-corrected chi connectivity index (χ0v) is 14.2. The predicted molar refractivity (Wildman–Crippen MR) is 93.2 cm³/mol. The maximum absolute atomic E-state index is 12.2. The van der Waals surface area contributed by atoms with Crippen LogP contribution >= 0.6 is 0 Å². The summed E-state index contributed by atoms with van der Waals surface area (Å²) in [6.45, 7) is 0.923. The molecule has 3 aliphatic heterocycles. The molecule has 0 spiro atoms. The van der Waals surface area contributed by atoms with Crippen LogP contribution in [0.25, 0.3) is 0 Å². The SMILES string of the molecule is O=C1CC(c2ccc(C3CCNN3)o2)C2C(NNC2c2ccccn2)N1. The van der Waals surface area contributed by atoms with Crippen LogP contribution < -0.4 is 27.0 Å². The Balaban J connectivity index is 1.46. The number of nitrogens with one attached hydrogen (secondary N) is 5. The third-order valence-electron chi connectivity index (χ3n) is 5.55. The van der Waals surface area contributed by atoms with E-state index in [1.165, 1.54) is 0 Å². The van der Waals surface area contributed by atoms with Crippen LogP contribution in [0.1, 0.15) is 48.1 Å². The van der Waals surface area contributed by atoms with E-state index < -0.39 is 0 Å². The molecule has 2 aromatic heterocycles. The molecule has 5 heterocycles. The van der Waals surface area contributed by atoms with Gasteiger partial charge in [0.05, 0.1) is 23.9 Å². The second-order valence-electron chi connectivity index (χ2n) is 7.11. The summed E-state index contributed by atoms with van der Waals surface area (Å²) in [5.74, 6) is 1.93. The van der Waals surface area contributed by atoms with Crippen molar-refractivity contribution >= 4 is 5.91 Å². The van der Waals surface area contributed by atoms with E-state index >= 15 is 0 Å². The summed E-state index contributed by atoms with van der Waals surface area (Å²) in [6, 6.07) is 10.1. The first-order valence-electron chi connectivity index (χ1n) is 9.09. The van der Waals surface area contributed by atoms with E-state index in [0.29, 0.717) is 6.42 Å². The fraction of sp³-hybridized carbons (Fsp3) is 0.444. The lowest BCUT2D eigenvalue weighted by Gasteiger charge is -2.34. The van der Waals surface area contributed by atoms with Crippen LogP contribution in [0, 0.1) is 5.92 Å². The van der Waals surface area contributed by atoms with Gasteiger partial charge in [0, 0.05) is 31.0 Å². The molecular weight excluding hydrogens is 332 g/mol. The summed E-state index contributed by atoms with van der Waals surface area (Å²) < 4.78 is 6.19. The van der Waals surface area contributed by atoms with E-state index in [4.69, 9.17) is 4.42 Å². The molecule has 0 aliphatic carbocycles. The van der Waals surface area contributed by atoms with Crippen molar-refractivity contribution in [3.63, 3.8) is 0 Å². The second kappa shape index (κ2) is 6.48. The van der Waals surface area contributed by atoms with Crippen molar-refractivity contribution < 1.29 is 9.21 Å². The van der Waals surface area contributed by atoms with Crippen LogP contribution in [-0.2, 0) is 4.79 Å². The van der Waals surface area contributed by atoms with Crippen molar-refractivity contribution in [2.45, 2.75) is 37.0 Å². The Morgan fingerprint density at radius 1 is 1.08 bits per heavy atom. The van der Waals surface area contributed by atoms with Gasteiger partial charge in [-0.25, -0.2) is 16.3 Å². The van der Waals surface area contributed by atoms with E-state index in [1.807, 2.05) is 30.3 Å². The number of aromatic nitrogens is 1. The molecule has 0 radical (unpaired) electrons. The van der Waals surface area contributed by atoms with Crippen LogP contribution in [0.15, 0.2) is 40.9 Å². The summed E-state index contributed by atoms with van der Waals surface area (Å²) in [5, 5.41) is 3.04. The summed E-state index contributed by atoms with van der Waals surface area (Å²) in [7, 11) is 0. The number of carbonyl (C=O) groups excluding carboxylic acids is 1. The highest BCUT2D eigenvalue weighted by Gasteiger charge is 2.48. The lowest BCUT2D eigenvalue weighted by molar-refractivity contribution is -0.125. The number of amides is 1. The number of hydrazine groups is 2. The van der Waals surface area contributed by atoms with E-state index in [1.54, 1.807) is 6.20 Å². The molecule has 3 aliphatic rings. The fourth-order valence-corrected chi connectivity index (χ4v) is 4.30. The molecule has 5 unspecified atom stereocenters. The molecule has 2 aromatic rings. The van der Waals surface area contributed by atoms with Gasteiger partial charge in [0.1, 0.15) is 11.5 Å². The van der Waals surface area contributed by atoms with Gasteiger partial charge in [0.2, 0.25) is 5.91 Å². The molecule has 5 N–H and O–H groups in total. The average molecular weight is 354 g/mol. The van der Waals surface area contributed by atoms with Gasteiger partial charge in [-0.05, 0) is 30.7 Å². The van der Waals surface area contributed by atoms with Gasteiger partial charge in [-0.2, -0.15) is 0 Å². The van der Waals surface area contributed by atoms with E-state index in [-0.39, 0.29) is 36.0 Å². The topological polar surface area (TPSA) is 103 Å². The van der Waals surface area contributed by atoms with Crippen LogP contribution in [-0.4, -0.2) is 23.6 Å². The summed E-state index contributed by atoms with van der Waals surface area (Å²) in [6.07, 6.45) is 3.05. The van der Waals surface area contributed by atoms with Gasteiger partial charge < -0.3 is 9.73 Å². The van der Waals surface area contributed by atoms with Crippen molar-refractivity contribution in [2.75, 3.05) is 6.54 Å². The molecule has 136 valence electrons. The van der Waals surface area contributed by atoms with Crippen molar-refractivity contribution in [1.82, 2.24) is 32.0 Å². The summed E-state index contributed by atoms with van der Waals surface area (Å²) in [5.41, 5.74) is 13.8. The maximum Gasteiger partial charge on any atom is 0.222 e. The highest BCUT2D eigenvalue weighted by atomic mass is 16.3. The second-order valence-corrected chi connectivity index (χ2v) is 7.11. The fourth-order valence-electron chi connectivity index (χ4n) is 4.30. The maximum atomic E-state index is 12.2. The number of fused-ring (bicyclic) bond motifs is 1. The molecule has 0 aromatic carbocycles. The Morgan fingerprint density at radius 3 is 2.81 bits per heavy atom. The zero-order valence-electron chi connectivity index (χ0n) is 14.2. The zero-order chi connectivity index (χ0) is 17.5. The van der Waals surface area contributed by atoms with Gasteiger partial charge in [-0.15, -0.1) is 0 Å². The van der Waals surface area contributed by atoms with Gasteiger partial charge in [-0.1, -0.05) is 6.07 Å². The molecule has 26 heavy (non-hydrogen) atoms.